The molecule has 7 rings (SSSR count). The van der Waals surface area contributed by atoms with E-state index in [-0.39, 0.29) is 0 Å². The average molecular weight is 455 g/mol. The molecule has 0 bridgehead atoms. The number of hydrogen-bond donors (Lipinski definition) is 0. The van der Waals surface area contributed by atoms with Crippen LogP contribution in [0.15, 0.2) is 84.0 Å². The molecule has 0 fully saturated rings. The van der Waals surface area contributed by atoms with Crippen LogP contribution in [-0.2, 0) is 0 Å². The summed E-state index contributed by atoms with van der Waals surface area (Å²) in [5.41, 5.74) is 9.13. The van der Waals surface area contributed by atoms with Crippen LogP contribution in [0.2, 0.25) is 0 Å². The first-order valence-electron chi connectivity index (χ1n) is 13.7. The minimum absolute atomic E-state index is 0.582. The fourth-order valence-electron chi connectivity index (χ4n) is 7.10. The van der Waals surface area contributed by atoms with Crippen molar-refractivity contribution in [3.05, 3.63) is 106 Å². The summed E-state index contributed by atoms with van der Waals surface area (Å²) in [7, 11) is 0. The second kappa shape index (κ2) is 8.52. The molecular weight excluding hydrogens is 420 g/mol. The Labute approximate surface area is 209 Å². The normalized spacial score (nSPS) is 26.8. The van der Waals surface area contributed by atoms with Crippen LogP contribution in [0.3, 0.4) is 0 Å². The lowest BCUT2D eigenvalue weighted by atomic mass is 9.75. The molecule has 3 unspecified atom stereocenters. The van der Waals surface area contributed by atoms with Crippen LogP contribution in [0, 0.1) is 17.8 Å². The van der Waals surface area contributed by atoms with E-state index in [9.17, 15) is 0 Å². The molecule has 0 aliphatic heterocycles. The third-order valence-electron chi connectivity index (χ3n) is 8.91. The van der Waals surface area contributed by atoms with E-state index in [0.717, 1.165) is 12.8 Å². The SMILES string of the molecule is CC1C=c2c(C3=CC=C4C=CCCC4C3)c3ccccc3c(C3=CC4=CC=CCC4CC3)c2=CC1. The van der Waals surface area contributed by atoms with Gasteiger partial charge in [0.1, 0.15) is 0 Å². The minimum Gasteiger partial charge on any atom is -0.0842 e. The van der Waals surface area contributed by atoms with Crippen LogP contribution < -0.4 is 10.4 Å². The van der Waals surface area contributed by atoms with Crippen molar-refractivity contribution in [2.75, 3.05) is 0 Å². The summed E-state index contributed by atoms with van der Waals surface area (Å²) in [5, 5.41) is 5.87. The summed E-state index contributed by atoms with van der Waals surface area (Å²) < 4.78 is 0. The largest absolute Gasteiger partial charge is 0.0842 e. The fraction of sp³-hybridized carbons (Fsp3) is 0.314. The summed E-state index contributed by atoms with van der Waals surface area (Å²) in [6.07, 6.45) is 32.6. The maximum atomic E-state index is 2.58. The van der Waals surface area contributed by atoms with Crippen LogP contribution >= 0.6 is 0 Å². The zero-order valence-electron chi connectivity index (χ0n) is 20.8. The maximum Gasteiger partial charge on any atom is -0.00698 e. The van der Waals surface area contributed by atoms with Gasteiger partial charge in [-0.05, 0) is 117 Å². The van der Waals surface area contributed by atoms with Crippen molar-refractivity contribution < 1.29 is 0 Å². The molecule has 0 heterocycles. The van der Waals surface area contributed by atoms with E-state index >= 15 is 0 Å². The molecule has 0 amide bonds. The Morgan fingerprint density at radius 1 is 0.771 bits per heavy atom. The highest BCUT2D eigenvalue weighted by atomic mass is 14.3. The molecule has 0 nitrogen and oxygen atoms in total. The van der Waals surface area contributed by atoms with Crippen molar-refractivity contribution >= 4 is 34.1 Å². The smallest absolute Gasteiger partial charge is 0.00698 e. The van der Waals surface area contributed by atoms with Crippen LogP contribution in [0.5, 0.6) is 0 Å². The Hall–Kier alpha value is -3.12. The Kier molecular flexibility index (Phi) is 5.16. The highest BCUT2D eigenvalue weighted by Crippen LogP contribution is 2.41. The molecule has 0 saturated carbocycles. The van der Waals surface area contributed by atoms with Crippen molar-refractivity contribution in [1.29, 1.82) is 0 Å². The van der Waals surface area contributed by atoms with Crippen molar-refractivity contribution in [3.63, 3.8) is 0 Å². The Bertz CT molecular complexity index is 1530. The number of fused-ring (bicyclic) bond motifs is 4. The van der Waals surface area contributed by atoms with E-state index in [1.165, 1.54) is 81.2 Å². The lowest BCUT2D eigenvalue weighted by Crippen LogP contribution is -2.36. The lowest BCUT2D eigenvalue weighted by Gasteiger charge is -2.29. The lowest BCUT2D eigenvalue weighted by molar-refractivity contribution is 0.572. The van der Waals surface area contributed by atoms with Crippen molar-refractivity contribution in [2.45, 2.75) is 51.9 Å². The third-order valence-corrected chi connectivity index (χ3v) is 8.91. The second-order valence-corrected chi connectivity index (χ2v) is 11.2. The summed E-state index contributed by atoms with van der Waals surface area (Å²) >= 11 is 0. The van der Waals surface area contributed by atoms with Crippen LogP contribution in [0.25, 0.3) is 34.1 Å². The fourth-order valence-corrected chi connectivity index (χ4v) is 7.10. The zero-order valence-corrected chi connectivity index (χ0v) is 20.8. The molecule has 0 radical (unpaired) electrons. The molecule has 0 aromatic heterocycles. The molecule has 5 aliphatic rings. The van der Waals surface area contributed by atoms with Gasteiger partial charge in [0.2, 0.25) is 0 Å². The van der Waals surface area contributed by atoms with Crippen molar-refractivity contribution in [3.8, 4) is 0 Å². The van der Waals surface area contributed by atoms with Gasteiger partial charge in [0, 0.05) is 0 Å². The molecule has 0 heteroatoms. The number of hydrogen-bond acceptors (Lipinski definition) is 0. The molecule has 174 valence electrons. The number of benzene rings is 2. The first kappa shape index (κ1) is 21.2. The zero-order chi connectivity index (χ0) is 23.4. The first-order valence-corrected chi connectivity index (χ1v) is 13.7. The van der Waals surface area contributed by atoms with Gasteiger partial charge in [-0.25, -0.2) is 0 Å². The topological polar surface area (TPSA) is 0 Å². The highest BCUT2D eigenvalue weighted by molar-refractivity contribution is 6.02. The van der Waals surface area contributed by atoms with Gasteiger partial charge in [-0.3, -0.25) is 0 Å². The Balaban J connectivity index is 1.51. The van der Waals surface area contributed by atoms with Crippen molar-refractivity contribution in [2.24, 2.45) is 17.8 Å². The van der Waals surface area contributed by atoms with Crippen molar-refractivity contribution in [1.82, 2.24) is 0 Å². The molecule has 3 atom stereocenters. The molecule has 0 saturated heterocycles. The van der Waals surface area contributed by atoms with E-state index in [2.05, 4.69) is 91.9 Å². The summed E-state index contributed by atoms with van der Waals surface area (Å²) in [6.45, 7) is 2.38. The molecule has 0 spiro atoms. The summed E-state index contributed by atoms with van der Waals surface area (Å²) in [4.78, 5) is 0. The molecule has 2 aromatic rings. The van der Waals surface area contributed by atoms with Gasteiger partial charge in [0.15, 0.2) is 0 Å². The van der Waals surface area contributed by atoms with Gasteiger partial charge in [-0.1, -0.05) is 91.9 Å². The maximum absolute atomic E-state index is 2.58. The predicted molar refractivity (Wildman–Crippen MR) is 151 cm³/mol. The minimum atomic E-state index is 0.582. The summed E-state index contributed by atoms with van der Waals surface area (Å²) in [6, 6.07) is 9.25. The Morgan fingerprint density at radius 3 is 2.51 bits per heavy atom. The Morgan fingerprint density at radius 2 is 1.63 bits per heavy atom. The molecule has 2 aromatic carbocycles. The quantitative estimate of drug-likeness (QED) is 0.434. The van der Waals surface area contributed by atoms with E-state index in [0.29, 0.717) is 17.8 Å². The van der Waals surface area contributed by atoms with Crippen LogP contribution in [0.1, 0.15) is 63.0 Å². The molecule has 35 heavy (non-hydrogen) atoms. The van der Waals surface area contributed by atoms with Gasteiger partial charge < -0.3 is 0 Å². The van der Waals surface area contributed by atoms with Gasteiger partial charge in [0.25, 0.3) is 0 Å². The van der Waals surface area contributed by atoms with E-state index < -0.39 is 0 Å². The van der Waals surface area contributed by atoms with Gasteiger partial charge in [-0.15, -0.1) is 0 Å². The monoisotopic (exact) mass is 454 g/mol. The van der Waals surface area contributed by atoms with E-state index in [1.54, 1.807) is 5.57 Å². The standard InChI is InChI=1S/C35H34/c1-23-14-19-32-33(20-23)35(29-18-16-25-9-3-5-11-27(25)22-29)31-13-7-6-12-30(31)34(32)28-17-15-24-8-2-4-10-26(24)21-28/h2-4,6-7,9-10,12-13,16,18-21,23-24,27H,5,8,11,14-15,17,22H2,1H3. The van der Waals surface area contributed by atoms with Gasteiger partial charge in [0.05, 0.1) is 0 Å². The third kappa shape index (κ3) is 3.57. The molecule has 0 N–H and O–H groups in total. The first-order chi connectivity index (χ1) is 17.3. The van der Waals surface area contributed by atoms with Gasteiger partial charge in [-0.2, -0.15) is 0 Å². The van der Waals surface area contributed by atoms with E-state index in [1.807, 2.05) is 0 Å². The number of allylic oxidation sites excluding steroid dienone is 12. The second-order valence-electron chi connectivity index (χ2n) is 11.2. The van der Waals surface area contributed by atoms with Crippen LogP contribution in [-0.4, -0.2) is 0 Å². The van der Waals surface area contributed by atoms with Gasteiger partial charge >= 0.3 is 0 Å². The molecule has 5 aliphatic carbocycles. The van der Waals surface area contributed by atoms with Crippen LogP contribution in [0.4, 0.5) is 0 Å². The predicted octanol–water partition coefficient (Wildman–Crippen LogP) is 7.80. The van der Waals surface area contributed by atoms with E-state index in [4.69, 9.17) is 0 Å². The molecular formula is C35H34. The highest BCUT2D eigenvalue weighted by Gasteiger charge is 2.26. The average Bonchev–Trinajstić information content (AvgIpc) is 2.91. The number of rotatable bonds is 2. The summed E-state index contributed by atoms with van der Waals surface area (Å²) in [5.74, 6) is 1.96.